The van der Waals surface area contributed by atoms with Crippen molar-refractivity contribution in [2.75, 3.05) is 39.5 Å². The van der Waals surface area contributed by atoms with E-state index in [9.17, 15) is 4.79 Å². The third kappa shape index (κ3) is 2.82. The second kappa shape index (κ2) is 5.40. The van der Waals surface area contributed by atoms with Crippen molar-refractivity contribution >= 4 is 11.6 Å². The molecule has 0 saturated carbocycles. The number of hydrogen-bond acceptors (Lipinski definition) is 3. The van der Waals surface area contributed by atoms with E-state index in [2.05, 4.69) is 16.3 Å². The number of carbonyl (C=O) groups is 1. The molecule has 2 rings (SSSR count). The fourth-order valence-electron chi connectivity index (χ4n) is 2.17. The molecule has 4 nitrogen and oxygen atoms in total. The molecule has 0 fully saturated rings. The van der Waals surface area contributed by atoms with Crippen LogP contribution in [0.3, 0.4) is 0 Å². The first-order chi connectivity index (χ1) is 8.58. The van der Waals surface area contributed by atoms with Crippen molar-refractivity contribution < 1.29 is 4.79 Å². The largest absolute Gasteiger partial charge is 0.373 e. The maximum atomic E-state index is 12.3. The van der Waals surface area contributed by atoms with Crippen molar-refractivity contribution in [3.8, 4) is 0 Å². The van der Waals surface area contributed by atoms with E-state index in [1.807, 2.05) is 44.2 Å². The molecule has 4 heteroatoms. The number of benzene rings is 1. The highest BCUT2D eigenvalue weighted by molar-refractivity contribution is 5.87. The Kier molecular flexibility index (Phi) is 3.87. The fraction of sp³-hybridized carbons (Fsp3) is 0.500. The second-order valence-electron chi connectivity index (χ2n) is 5.12. The van der Waals surface area contributed by atoms with Crippen LogP contribution in [0.25, 0.3) is 0 Å². The summed E-state index contributed by atoms with van der Waals surface area (Å²) in [5.74, 6) is 0.174. The molecule has 0 bridgehead atoms. The third-order valence-corrected chi connectivity index (χ3v) is 3.33. The van der Waals surface area contributed by atoms with Crippen LogP contribution in [0.5, 0.6) is 0 Å². The average molecular weight is 247 g/mol. The molecule has 0 spiro atoms. The van der Waals surface area contributed by atoms with Crippen molar-refractivity contribution in [1.82, 2.24) is 9.80 Å². The summed E-state index contributed by atoms with van der Waals surface area (Å²) in [6.07, 6.45) is 0.793. The molecule has 1 heterocycles. The fourth-order valence-corrected chi connectivity index (χ4v) is 2.17. The van der Waals surface area contributed by atoms with Crippen molar-refractivity contribution in [3.05, 3.63) is 29.8 Å². The van der Waals surface area contributed by atoms with Crippen molar-refractivity contribution in [2.24, 2.45) is 0 Å². The lowest BCUT2D eigenvalue weighted by Gasteiger charge is -2.23. The van der Waals surface area contributed by atoms with E-state index in [0.717, 1.165) is 25.2 Å². The first kappa shape index (κ1) is 12.9. The van der Waals surface area contributed by atoms with E-state index in [1.54, 1.807) is 0 Å². The molecule has 98 valence electrons. The van der Waals surface area contributed by atoms with Crippen LogP contribution in [-0.2, 0) is 11.2 Å². The summed E-state index contributed by atoms with van der Waals surface area (Å²) in [5, 5.41) is 3.30. The van der Waals surface area contributed by atoms with Gasteiger partial charge in [-0.1, -0.05) is 18.2 Å². The Bertz CT molecular complexity index is 406. The van der Waals surface area contributed by atoms with Crippen molar-refractivity contribution in [1.29, 1.82) is 0 Å². The Labute approximate surface area is 109 Å². The predicted molar refractivity (Wildman–Crippen MR) is 73.7 cm³/mol. The van der Waals surface area contributed by atoms with Gasteiger partial charge < -0.3 is 15.1 Å². The van der Waals surface area contributed by atoms with Gasteiger partial charge in [-0.3, -0.25) is 4.79 Å². The lowest BCUT2D eigenvalue weighted by atomic mass is 10.1. The quantitative estimate of drug-likeness (QED) is 0.863. The summed E-state index contributed by atoms with van der Waals surface area (Å²) in [7, 11) is 5.90. The number of anilines is 1. The molecule has 1 aromatic rings. The molecule has 1 aromatic carbocycles. The minimum Gasteiger partial charge on any atom is -0.373 e. The Morgan fingerprint density at radius 2 is 2.00 bits per heavy atom. The predicted octanol–water partition coefficient (Wildman–Crippen LogP) is 1.04. The molecular weight excluding hydrogens is 226 g/mol. The zero-order chi connectivity index (χ0) is 13.1. The molecule has 1 aliphatic rings. The lowest BCUT2D eigenvalue weighted by molar-refractivity contribution is -0.130. The average Bonchev–Trinajstić information content (AvgIpc) is 2.78. The molecule has 1 amide bonds. The van der Waals surface area contributed by atoms with Gasteiger partial charge in [0, 0.05) is 32.2 Å². The van der Waals surface area contributed by atoms with Crippen LogP contribution in [0.4, 0.5) is 5.69 Å². The van der Waals surface area contributed by atoms with E-state index < -0.39 is 0 Å². The molecular formula is C14H21N3O. The minimum absolute atomic E-state index is 0.102. The van der Waals surface area contributed by atoms with Gasteiger partial charge in [-0.2, -0.15) is 0 Å². The number of fused-ring (bicyclic) bond motifs is 1. The zero-order valence-corrected chi connectivity index (χ0v) is 11.3. The van der Waals surface area contributed by atoms with Crippen LogP contribution in [0.15, 0.2) is 24.3 Å². The summed E-state index contributed by atoms with van der Waals surface area (Å²) in [4.78, 5) is 16.2. The highest BCUT2D eigenvalue weighted by Gasteiger charge is 2.28. The van der Waals surface area contributed by atoms with Crippen LogP contribution in [0, 0.1) is 0 Å². The lowest BCUT2D eigenvalue weighted by Crippen LogP contribution is -2.42. The summed E-state index contributed by atoms with van der Waals surface area (Å²) < 4.78 is 0. The molecule has 0 radical (unpaired) electrons. The normalized spacial score (nSPS) is 17.4. The number of likely N-dealkylation sites (N-methyl/N-ethyl adjacent to an activating group) is 2. The van der Waals surface area contributed by atoms with E-state index in [-0.39, 0.29) is 11.9 Å². The smallest absolute Gasteiger partial charge is 0.245 e. The molecule has 1 unspecified atom stereocenters. The number of rotatable bonds is 4. The van der Waals surface area contributed by atoms with E-state index in [0.29, 0.717) is 0 Å². The third-order valence-electron chi connectivity index (χ3n) is 3.33. The Hall–Kier alpha value is -1.55. The van der Waals surface area contributed by atoms with Gasteiger partial charge in [0.05, 0.1) is 0 Å². The van der Waals surface area contributed by atoms with Gasteiger partial charge in [0.2, 0.25) is 5.91 Å². The van der Waals surface area contributed by atoms with Gasteiger partial charge in [-0.15, -0.1) is 0 Å². The van der Waals surface area contributed by atoms with Gasteiger partial charge in [0.1, 0.15) is 6.04 Å². The second-order valence-corrected chi connectivity index (χ2v) is 5.12. The summed E-state index contributed by atoms with van der Waals surface area (Å²) in [5.41, 5.74) is 2.33. The van der Waals surface area contributed by atoms with Crippen LogP contribution in [0.1, 0.15) is 5.56 Å². The van der Waals surface area contributed by atoms with Crippen molar-refractivity contribution in [3.63, 3.8) is 0 Å². The maximum absolute atomic E-state index is 12.3. The van der Waals surface area contributed by atoms with Crippen LogP contribution >= 0.6 is 0 Å². The van der Waals surface area contributed by atoms with Crippen LogP contribution in [-0.4, -0.2) is 56.0 Å². The van der Waals surface area contributed by atoms with Gasteiger partial charge in [0.15, 0.2) is 0 Å². The maximum Gasteiger partial charge on any atom is 0.245 e. The number of amides is 1. The van der Waals surface area contributed by atoms with Gasteiger partial charge in [-0.25, -0.2) is 0 Å². The topological polar surface area (TPSA) is 35.6 Å². The number of nitrogens with one attached hydrogen (secondary N) is 1. The zero-order valence-electron chi connectivity index (χ0n) is 11.3. The Morgan fingerprint density at radius 3 is 2.67 bits per heavy atom. The summed E-state index contributed by atoms with van der Waals surface area (Å²) in [6, 6.07) is 8.02. The molecule has 1 N–H and O–H groups in total. The van der Waals surface area contributed by atoms with Gasteiger partial charge in [-0.05, 0) is 25.7 Å². The summed E-state index contributed by atoms with van der Waals surface area (Å²) >= 11 is 0. The number of nitrogens with zero attached hydrogens (tertiary/aromatic N) is 2. The number of hydrogen-bond donors (Lipinski definition) is 1. The van der Waals surface area contributed by atoms with E-state index >= 15 is 0 Å². The number of para-hydroxylation sites is 1. The molecule has 18 heavy (non-hydrogen) atoms. The van der Waals surface area contributed by atoms with E-state index in [1.165, 1.54) is 5.56 Å². The Balaban J connectivity index is 1.92. The minimum atomic E-state index is -0.102. The first-order valence-electron chi connectivity index (χ1n) is 6.32. The highest BCUT2D eigenvalue weighted by atomic mass is 16.2. The van der Waals surface area contributed by atoms with Gasteiger partial charge >= 0.3 is 0 Å². The number of carbonyl (C=O) groups excluding carboxylic acids is 1. The molecule has 1 atom stereocenters. The van der Waals surface area contributed by atoms with Gasteiger partial charge in [0.25, 0.3) is 0 Å². The highest BCUT2D eigenvalue weighted by Crippen LogP contribution is 2.25. The monoisotopic (exact) mass is 247 g/mol. The SMILES string of the molecule is CN(C)CCN(C)C(=O)C1Cc2ccccc2N1. The standard InChI is InChI=1S/C14H21N3O/c1-16(2)8-9-17(3)14(18)13-10-11-6-4-5-7-12(11)15-13/h4-7,13,15H,8-10H2,1-3H3. The molecule has 0 saturated heterocycles. The molecule has 1 aliphatic heterocycles. The molecule has 0 aromatic heterocycles. The van der Waals surface area contributed by atoms with E-state index in [4.69, 9.17) is 0 Å². The van der Waals surface area contributed by atoms with Crippen LogP contribution in [0.2, 0.25) is 0 Å². The first-order valence-corrected chi connectivity index (χ1v) is 6.32. The molecule has 0 aliphatic carbocycles. The summed E-state index contributed by atoms with van der Waals surface area (Å²) in [6.45, 7) is 1.66. The van der Waals surface area contributed by atoms with Crippen LogP contribution < -0.4 is 5.32 Å². The Morgan fingerprint density at radius 1 is 1.28 bits per heavy atom. The van der Waals surface area contributed by atoms with Crippen molar-refractivity contribution in [2.45, 2.75) is 12.5 Å².